The molecule has 0 fully saturated rings. The van der Waals surface area contributed by atoms with Crippen molar-refractivity contribution in [1.82, 2.24) is 0 Å². The Kier molecular flexibility index (Phi) is 3.66. The van der Waals surface area contributed by atoms with Crippen molar-refractivity contribution in [3.05, 3.63) is 34.9 Å². The summed E-state index contributed by atoms with van der Waals surface area (Å²) >= 11 is 0. The van der Waals surface area contributed by atoms with Crippen LogP contribution in [0.4, 0.5) is 13.2 Å². The van der Waals surface area contributed by atoms with Gasteiger partial charge < -0.3 is 0 Å². The van der Waals surface area contributed by atoms with Crippen molar-refractivity contribution >= 4 is 0 Å². The lowest BCUT2D eigenvalue weighted by Gasteiger charge is -2.19. The minimum atomic E-state index is -4.25. The van der Waals surface area contributed by atoms with Crippen molar-refractivity contribution in [2.75, 3.05) is 0 Å². The Morgan fingerprint density at radius 3 is 2.00 bits per heavy atom. The molecule has 0 unspecified atom stereocenters. The molecule has 90 valence electrons. The molecule has 0 amide bonds. The quantitative estimate of drug-likeness (QED) is 0.686. The number of hydrogen-bond acceptors (Lipinski definition) is 0. The van der Waals surface area contributed by atoms with Crippen LogP contribution in [0, 0.1) is 12.8 Å². The van der Waals surface area contributed by atoms with Gasteiger partial charge in [0.25, 0.3) is 0 Å². The van der Waals surface area contributed by atoms with E-state index in [-0.39, 0.29) is 5.92 Å². The molecule has 1 aromatic carbocycles. The molecule has 0 saturated heterocycles. The number of hydrogen-bond donors (Lipinski definition) is 0. The minimum Gasteiger partial charge on any atom is -0.166 e. The zero-order valence-electron chi connectivity index (χ0n) is 10.0. The highest BCUT2D eigenvalue weighted by Crippen LogP contribution is 2.33. The van der Waals surface area contributed by atoms with Gasteiger partial charge in [-0.05, 0) is 42.0 Å². The first kappa shape index (κ1) is 13.1. The Morgan fingerprint density at radius 1 is 1.06 bits per heavy atom. The monoisotopic (exact) mass is 230 g/mol. The minimum absolute atomic E-state index is 0.280. The van der Waals surface area contributed by atoms with Crippen LogP contribution in [0.15, 0.2) is 18.2 Å². The fraction of sp³-hybridized carbons (Fsp3) is 0.538. The lowest BCUT2D eigenvalue weighted by Crippen LogP contribution is -2.08. The Balaban J connectivity index is 3.10. The summed E-state index contributed by atoms with van der Waals surface area (Å²) in [7, 11) is 0. The molecule has 0 heterocycles. The second kappa shape index (κ2) is 4.48. The third-order valence-electron chi connectivity index (χ3n) is 3.09. The van der Waals surface area contributed by atoms with Crippen molar-refractivity contribution < 1.29 is 13.2 Å². The van der Waals surface area contributed by atoms with Crippen LogP contribution in [-0.2, 0) is 6.18 Å². The van der Waals surface area contributed by atoms with Crippen LogP contribution in [-0.4, -0.2) is 0 Å². The van der Waals surface area contributed by atoms with Gasteiger partial charge in [0, 0.05) is 0 Å². The summed E-state index contributed by atoms with van der Waals surface area (Å²) in [5, 5.41) is 0. The summed E-state index contributed by atoms with van der Waals surface area (Å²) in [6, 6.07) is 4.00. The van der Waals surface area contributed by atoms with E-state index in [0.717, 1.165) is 11.1 Å². The number of halogens is 3. The van der Waals surface area contributed by atoms with Gasteiger partial charge in [-0.1, -0.05) is 26.8 Å². The lowest BCUT2D eigenvalue weighted by molar-refractivity contribution is -0.137. The first-order valence-corrected chi connectivity index (χ1v) is 5.41. The Labute approximate surface area is 94.5 Å². The van der Waals surface area contributed by atoms with Gasteiger partial charge in [-0.3, -0.25) is 0 Å². The highest BCUT2D eigenvalue weighted by Gasteiger charge is 2.30. The number of aryl methyl sites for hydroxylation is 1. The van der Waals surface area contributed by atoms with Gasteiger partial charge in [-0.25, -0.2) is 0 Å². The molecule has 0 aliphatic carbocycles. The first-order chi connectivity index (χ1) is 7.23. The molecule has 0 nitrogen and oxygen atoms in total. The van der Waals surface area contributed by atoms with Crippen LogP contribution < -0.4 is 0 Å². The lowest BCUT2D eigenvalue weighted by atomic mass is 9.87. The van der Waals surface area contributed by atoms with Gasteiger partial charge in [-0.15, -0.1) is 0 Å². The second-order valence-electron chi connectivity index (χ2n) is 4.60. The number of rotatable bonds is 2. The maximum absolute atomic E-state index is 12.5. The first-order valence-electron chi connectivity index (χ1n) is 5.41. The van der Waals surface area contributed by atoms with Gasteiger partial charge in [0.15, 0.2) is 0 Å². The summed E-state index contributed by atoms with van der Waals surface area (Å²) < 4.78 is 37.4. The van der Waals surface area contributed by atoms with Crippen molar-refractivity contribution in [3.63, 3.8) is 0 Å². The molecule has 16 heavy (non-hydrogen) atoms. The smallest absolute Gasteiger partial charge is 0.166 e. The molecular weight excluding hydrogens is 213 g/mol. The van der Waals surface area contributed by atoms with E-state index >= 15 is 0 Å². The molecular formula is C13H17F3. The molecule has 0 aliphatic heterocycles. The van der Waals surface area contributed by atoms with Crippen LogP contribution in [0.1, 0.15) is 43.4 Å². The van der Waals surface area contributed by atoms with E-state index in [4.69, 9.17) is 0 Å². The van der Waals surface area contributed by atoms with Crippen LogP contribution in [0.2, 0.25) is 0 Å². The van der Waals surface area contributed by atoms with Gasteiger partial charge in [0.05, 0.1) is 5.56 Å². The maximum Gasteiger partial charge on any atom is 0.416 e. The van der Waals surface area contributed by atoms with Gasteiger partial charge >= 0.3 is 6.18 Å². The largest absolute Gasteiger partial charge is 0.416 e. The number of alkyl halides is 3. The Bertz CT molecular complexity index is 364. The standard InChI is InChI=1S/C13H17F3/c1-8(2)10(4)12-6-5-11(7-9(12)3)13(14,15)16/h5-8,10H,1-4H3/t10-/m1/s1. The molecule has 0 aliphatic rings. The van der Waals surface area contributed by atoms with Gasteiger partial charge in [0.1, 0.15) is 0 Å². The molecule has 0 aromatic heterocycles. The zero-order chi connectivity index (χ0) is 12.5. The van der Waals surface area contributed by atoms with E-state index in [1.807, 2.05) is 6.92 Å². The molecule has 0 radical (unpaired) electrons. The normalized spacial score (nSPS) is 14.2. The molecule has 3 heteroatoms. The molecule has 0 N–H and O–H groups in total. The average Bonchev–Trinajstić information content (AvgIpc) is 2.15. The van der Waals surface area contributed by atoms with Crippen molar-refractivity contribution in [3.8, 4) is 0 Å². The van der Waals surface area contributed by atoms with Gasteiger partial charge in [0.2, 0.25) is 0 Å². The summed E-state index contributed by atoms with van der Waals surface area (Å²) in [5.74, 6) is 0.706. The SMILES string of the molecule is Cc1cc(C(F)(F)F)ccc1[C@H](C)C(C)C. The Hall–Kier alpha value is -0.990. The fourth-order valence-corrected chi connectivity index (χ4v) is 1.72. The van der Waals surface area contributed by atoms with Crippen molar-refractivity contribution in [1.29, 1.82) is 0 Å². The van der Waals surface area contributed by atoms with E-state index in [0.29, 0.717) is 5.92 Å². The molecule has 0 spiro atoms. The topological polar surface area (TPSA) is 0 Å². The number of benzene rings is 1. The second-order valence-corrected chi connectivity index (χ2v) is 4.60. The predicted octanol–water partition coefficient (Wildman–Crippen LogP) is 4.77. The summed E-state index contributed by atoms with van der Waals surface area (Å²) in [4.78, 5) is 0. The van der Waals surface area contributed by atoms with Crippen LogP contribution in [0.25, 0.3) is 0 Å². The Morgan fingerprint density at radius 2 is 1.62 bits per heavy atom. The van der Waals surface area contributed by atoms with E-state index < -0.39 is 11.7 Å². The van der Waals surface area contributed by atoms with Crippen LogP contribution in [0.5, 0.6) is 0 Å². The molecule has 1 atom stereocenters. The predicted molar refractivity (Wildman–Crippen MR) is 59.4 cm³/mol. The highest BCUT2D eigenvalue weighted by molar-refractivity contribution is 5.34. The molecule has 0 saturated carbocycles. The highest BCUT2D eigenvalue weighted by atomic mass is 19.4. The van der Waals surface area contributed by atoms with E-state index in [2.05, 4.69) is 13.8 Å². The molecule has 0 bridgehead atoms. The van der Waals surface area contributed by atoms with E-state index in [1.54, 1.807) is 13.0 Å². The molecule has 1 rings (SSSR count). The average molecular weight is 230 g/mol. The van der Waals surface area contributed by atoms with E-state index in [1.165, 1.54) is 12.1 Å². The van der Waals surface area contributed by atoms with E-state index in [9.17, 15) is 13.2 Å². The van der Waals surface area contributed by atoms with Crippen molar-refractivity contribution in [2.45, 2.75) is 39.8 Å². The van der Waals surface area contributed by atoms with Crippen LogP contribution >= 0.6 is 0 Å². The molecule has 1 aromatic rings. The third kappa shape index (κ3) is 2.77. The van der Waals surface area contributed by atoms with Crippen LogP contribution in [0.3, 0.4) is 0 Å². The summed E-state index contributed by atoms with van der Waals surface area (Å²) in [6.45, 7) is 7.92. The fourth-order valence-electron chi connectivity index (χ4n) is 1.72. The summed E-state index contributed by atoms with van der Waals surface area (Å²) in [6.07, 6.45) is -4.25. The summed E-state index contributed by atoms with van der Waals surface area (Å²) in [5.41, 5.74) is 1.16. The maximum atomic E-state index is 12.5. The zero-order valence-corrected chi connectivity index (χ0v) is 10.0. The third-order valence-corrected chi connectivity index (χ3v) is 3.09. The van der Waals surface area contributed by atoms with Gasteiger partial charge in [-0.2, -0.15) is 13.2 Å². The van der Waals surface area contributed by atoms with Crippen molar-refractivity contribution in [2.24, 2.45) is 5.92 Å².